The van der Waals surface area contributed by atoms with E-state index in [4.69, 9.17) is 25.8 Å². The van der Waals surface area contributed by atoms with Gasteiger partial charge in [0.15, 0.2) is 0 Å². The molecule has 76 valence electrons. The van der Waals surface area contributed by atoms with Gasteiger partial charge < -0.3 is 12.9 Å². The van der Waals surface area contributed by atoms with Gasteiger partial charge in [-0.1, -0.05) is 25.7 Å². The van der Waals surface area contributed by atoms with E-state index >= 15 is 0 Å². The molecular formula is C6H19N2NaO3P+. The van der Waals surface area contributed by atoms with E-state index in [2.05, 4.69) is 0 Å². The second-order valence-corrected chi connectivity index (χ2v) is 2.75. The van der Waals surface area contributed by atoms with Gasteiger partial charge in [-0.2, -0.15) is 0 Å². The van der Waals surface area contributed by atoms with Crippen molar-refractivity contribution in [3.63, 3.8) is 0 Å². The van der Waals surface area contributed by atoms with Gasteiger partial charge >= 0.3 is 37.8 Å². The van der Waals surface area contributed by atoms with Gasteiger partial charge in [0, 0.05) is 17.7 Å². The molecule has 0 radical (unpaired) electrons. The normalized spacial score (nSPS) is 11.7. The summed E-state index contributed by atoms with van der Waals surface area (Å²) < 4.78 is 8.70. The number of rotatable bonds is 1. The van der Waals surface area contributed by atoms with Gasteiger partial charge in [-0.05, 0) is 0 Å². The first-order chi connectivity index (χ1) is 5.65. The van der Waals surface area contributed by atoms with Crippen LogP contribution in [-0.4, -0.2) is 22.9 Å². The van der Waals surface area contributed by atoms with Gasteiger partial charge in [0.05, 0.1) is 0 Å². The molecule has 5 nitrogen and oxygen atoms in total. The number of hydrogen-bond acceptors (Lipinski definition) is 3. The third-order valence-corrected chi connectivity index (χ3v) is 1.17. The zero-order chi connectivity index (χ0) is 9.82. The van der Waals surface area contributed by atoms with Crippen molar-refractivity contribution in [2.75, 3.05) is 13.1 Å². The predicted molar refractivity (Wildman–Crippen MR) is 49.7 cm³/mol. The summed E-state index contributed by atoms with van der Waals surface area (Å²) in [6, 6.07) is 0. The molecule has 0 bridgehead atoms. The fourth-order valence-corrected chi connectivity index (χ4v) is 0.250. The molecule has 0 spiro atoms. The molecule has 0 aromatic rings. The average molecular weight is 221 g/mol. The third kappa shape index (κ3) is 43.9. The molecule has 0 amide bonds. The first kappa shape index (κ1) is 19.5. The maximum Gasteiger partial charge on any atom is 1.00 e. The Morgan fingerprint density at radius 2 is 1.23 bits per heavy atom. The first-order valence-electron chi connectivity index (χ1n) is 3.90. The Bertz CT molecular complexity index is 99.1. The molecule has 0 atom stereocenters. The molecule has 0 heterocycles. The van der Waals surface area contributed by atoms with Crippen LogP contribution in [0.5, 0.6) is 0 Å². The van der Waals surface area contributed by atoms with Crippen LogP contribution in [0.25, 0.3) is 0 Å². The van der Waals surface area contributed by atoms with Crippen LogP contribution >= 0.6 is 8.25 Å². The molecule has 0 aromatic heterocycles. The third-order valence-electron chi connectivity index (χ3n) is 1.17. The summed E-state index contributed by atoms with van der Waals surface area (Å²) >= 11 is 0. The summed E-state index contributed by atoms with van der Waals surface area (Å²) in [5, 5.41) is 0. The summed E-state index contributed by atoms with van der Waals surface area (Å²) in [7, 11) is -2.87. The molecule has 13 heavy (non-hydrogen) atoms. The van der Waals surface area contributed by atoms with Crippen LogP contribution in [0, 0.1) is 0 Å². The van der Waals surface area contributed by atoms with Crippen molar-refractivity contribution in [3.05, 3.63) is 0 Å². The SMILES string of the molecule is C1CCC1.NCCN.O=[P+](O)O.[H-].[Na+]. The van der Waals surface area contributed by atoms with Gasteiger partial charge in [0.25, 0.3) is 0 Å². The van der Waals surface area contributed by atoms with E-state index < -0.39 is 8.25 Å². The van der Waals surface area contributed by atoms with E-state index in [1.54, 1.807) is 0 Å². The van der Waals surface area contributed by atoms with Crippen LogP contribution in [0.2, 0.25) is 0 Å². The van der Waals surface area contributed by atoms with Gasteiger partial charge in [0.2, 0.25) is 0 Å². The van der Waals surface area contributed by atoms with E-state index in [0.29, 0.717) is 13.1 Å². The Kier molecular flexibility index (Phi) is 28.0. The largest absolute Gasteiger partial charge is 1.00 e. The second kappa shape index (κ2) is 18.7. The molecule has 0 aromatic carbocycles. The van der Waals surface area contributed by atoms with E-state index in [9.17, 15) is 0 Å². The zero-order valence-electron chi connectivity index (χ0n) is 9.15. The minimum Gasteiger partial charge on any atom is -1.00 e. The molecule has 6 N–H and O–H groups in total. The predicted octanol–water partition coefficient (Wildman–Crippen LogP) is -2.79. The smallest absolute Gasteiger partial charge is 1.00 e. The van der Waals surface area contributed by atoms with E-state index in [1.807, 2.05) is 0 Å². The fraction of sp³-hybridized carbons (Fsp3) is 1.00. The molecular weight excluding hydrogens is 202 g/mol. The number of hydrogen-bond donors (Lipinski definition) is 4. The molecule has 0 saturated heterocycles. The van der Waals surface area contributed by atoms with E-state index in [1.165, 1.54) is 25.7 Å². The van der Waals surface area contributed by atoms with Crippen LogP contribution in [-0.2, 0) is 4.57 Å². The summed E-state index contributed by atoms with van der Waals surface area (Å²) in [4.78, 5) is 14.2. The summed E-state index contributed by atoms with van der Waals surface area (Å²) in [6.45, 7) is 1.19. The Labute approximate surface area is 104 Å². The standard InChI is InChI=1S/C4H8.C2H8N2.Na.HO3P.H/c1-2-4-3-1;3-1-2-4;;1-4(2)3;/h2*1-4H2;;(H-,1,2,3);/q;;+1;;-1/p+1. The molecule has 1 saturated carbocycles. The zero-order valence-corrected chi connectivity index (χ0v) is 11.0. The minimum atomic E-state index is -2.87. The van der Waals surface area contributed by atoms with Crippen LogP contribution < -0.4 is 41.0 Å². The van der Waals surface area contributed by atoms with Crippen LogP contribution in [0.1, 0.15) is 27.1 Å². The maximum absolute atomic E-state index is 8.70. The molecule has 0 aliphatic heterocycles. The Morgan fingerprint density at radius 1 is 1.08 bits per heavy atom. The second-order valence-electron chi connectivity index (χ2n) is 2.24. The molecule has 1 aliphatic rings. The molecule has 1 aliphatic carbocycles. The molecule has 7 heteroatoms. The Hall–Kier alpha value is 0.940. The van der Waals surface area contributed by atoms with Crippen LogP contribution in [0.4, 0.5) is 0 Å². The van der Waals surface area contributed by atoms with Crippen molar-refractivity contribution in [3.8, 4) is 0 Å². The minimum absolute atomic E-state index is 0. The topological polar surface area (TPSA) is 110 Å². The Morgan fingerprint density at radius 3 is 1.23 bits per heavy atom. The van der Waals surface area contributed by atoms with Crippen molar-refractivity contribution >= 4 is 8.25 Å². The van der Waals surface area contributed by atoms with E-state index in [0.717, 1.165) is 0 Å². The molecule has 0 unspecified atom stereocenters. The van der Waals surface area contributed by atoms with Crippen molar-refractivity contribution in [2.24, 2.45) is 11.5 Å². The summed E-state index contributed by atoms with van der Waals surface area (Å²) in [5.74, 6) is 0. The van der Waals surface area contributed by atoms with Crippen LogP contribution in [0.3, 0.4) is 0 Å². The van der Waals surface area contributed by atoms with E-state index in [-0.39, 0.29) is 31.0 Å². The van der Waals surface area contributed by atoms with Gasteiger partial charge in [-0.25, -0.2) is 0 Å². The monoisotopic (exact) mass is 221 g/mol. The summed E-state index contributed by atoms with van der Waals surface area (Å²) in [6.07, 6.45) is 6.00. The van der Waals surface area contributed by atoms with Gasteiger partial charge in [0.1, 0.15) is 0 Å². The molecule has 1 rings (SSSR count). The van der Waals surface area contributed by atoms with Gasteiger partial charge in [-0.15, -0.1) is 9.79 Å². The first-order valence-corrected chi connectivity index (χ1v) is 5.06. The van der Waals surface area contributed by atoms with Crippen molar-refractivity contribution < 1.29 is 45.3 Å². The van der Waals surface area contributed by atoms with Crippen molar-refractivity contribution in [2.45, 2.75) is 25.7 Å². The van der Waals surface area contributed by atoms with Crippen molar-refractivity contribution in [1.82, 2.24) is 0 Å². The maximum atomic E-state index is 8.70. The Balaban J connectivity index is -0.0000000500. The van der Waals surface area contributed by atoms with Crippen molar-refractivity contribution in [1.29, 1.82) is 0 Å². The molecule has 1 fully saturated rings. The quantitative estimate of drug-likeness (QED) is 0.282. The van der Waals surface area contributed by atoms with Gasteiger partial charge in [-0.3, -0.25) is 0 Å². The fourth-order valence-electron chi connectivity index (χ4n) is 0.250. The van der Waals surface area contributed by atoms with Crippen LogP contribution in [0.15, 0.2) is 0 Å². The number of nitrogens with two attached hydrogens (primary N) is 2. The average Bonchev–Trinajstić information content (AvgIpc) is 1.82. The summed E-state index contributed by atoms with van der Waals surface area (Å²) in [5.41, 5.74) is 9.81.